The molecule has 1 saturated carbocycles. The average Bonchev–Trinajstić information content (AvgIpc) is 2.86. The number of hydrogen-bond donors (Lipinski definition) is 1. The summed E-state index contributed by atoms with van der Waals surface area (Å²) >= 11 is 0. The van der Waals surface area contributed by atoms with Crippen molar-refractivity contribution in [3.8, 4) is 0 Å². The third-order valence-electron chi connectivity index (χ3n) is 4.66. The molecule has 17 heavy (non-hydrogen) atoms. The van der Waals surface area contributed by atoms with Crippen LogP contribution in [0.15, 0.2) is 0 Å². The molecule has 1 aliphatic rings. The fourth-order valence-corrected chi connectivity index (χ4v) is 3.51. The fraction of sp³-hybridized carbons (Fsp3) is 1.00. The molecule has 0 bridgehead atoms. The molecule has 1 N–H and O–H groups in total. The molecule has 1 rings (SSSR count). The van der Waals surface area contributed by atoms with Crippen LogP contribution >= 0.6 is 0 Å². The third kappa shape index (κ3) is 3.69. The number of nitrogens with one attached hydrogen (secondary N) is 1. The molecule has 0 heterocycles. The Hall–Kier alpha value is -0.0800. The lowest BCUT2D eigenvalue weighted by atomic mass is 9.82. The second kappa shape index (κ2) is 7.38. The van der Waals surface area contributed by atoms with Crippen molar-refractivity contribution in [2.75, 3.05) is 13.7 Å². The maximum Gasteiger partial charge on any atom is 0.0829 e. The molecule has 0 saturated heterocycles. The summed E-state index contributed by atoms with van der Waals surface area (Å²) in [5, 5.41) is 3.53. The molecule has 0 aliphatic heterocycles. The molecule has 2 heteroatoms. The molecule has 102 valence electrons. The molecule has 0 spiro atoms. The van der Waals surface area contributed by atoms with E-state index in [-0.39, 0.29) is 5.60 Å². The Morgan fingerprint density at radius 3 is 2.18 bits per heavy atom. The van der Waals surface area contributed by atoms with E-state index in [0.29, 0.717) is 6.04 Å². The van der Waals surface area contributed by atoms with Crippen molar-refractivity contribution in [2.45, 2.75) is 77.4 Å². The van der Waals surface area contributed by atoms with Crippen LogP contribution in [0, 0.1) is 5.92 Å². The topological polar surface area (TPSA) is 21.3 Å². The first kappa shape index (κ1) is 15.0. The van der Waals surface area contributed by atoms with Crippen molar-refractivity contribution in [2.24, 2.45) is 5.92 Å². The molecule has 1 atom stereocenters. The highest BCUT2D eigenvalue weighted by Crippen LogP contribution is 2.34. The first-order valence-corrected chi connectivity index (χ1v) is 7.53. The Labute approximate surface area is 108 Å². The van der Waals surface area contributed by atoms with Gasteiger partial charge in [-0.1, -0.05) is 39.5 Å². The molecule has 0 aromatic heterocycles. The molecular weight excluding hydrogens is 210 g/mol. The lowest BCUT2D eigenvalue weighted by molar-refractivity contribution is -0.0751. The highest BCUT2D eigenvalue weighted by molar-refractivity contribution is 4.92. The zero-order valence-corrected chi connectivity index (χ0v) is 12.2. The predicted molar refractivity (Wildman–Crippen MR) is 74.4 cm³/mol. The van der Waals surface area contributed by atoms with Crippen molar-refractivity contribution in [3.63, 3.8) is 0 Å². The summed E-state index contributed by atoms with van der Waals surface area (Å²) in [4.78, 5) is 0. The summed E-state index contributed by atoms with van der Waals surface area (Å²) < 4.78 is 6.13. The summed E-state index contributed by atoms with van der Waals surface area (Å²) in [5.74, 6) is 0.922. The minimum atomic E-state index is 0.0477. The average molecular weight is 241 g/mol. The minimum Gasteiger partial charge on any atom is -0.374 e. The van der Waals surface area contributed by atoms with Gasteiger partial charge in [0.1, 0.15) is 0 Å². The smallest absolute Gasteiger partial charge is 0.0829 e. The summed E-state index contributed by atoms with van der Waals surface area (Å²) in [7, 11) is 2.10. The monoisotopic (exact) mass is 241 g/mol. The van der Waals surface area contributed by atoms with Crippen molar-refractivity contribution in [1.29, 1.82) is 0 Å². The van der Waals surface area contributed by atoms with Gasteiger partial charge >= 0.3 is 0 Å². The highest BCUT2D eigenvalue weighted by atomic mass is 16.5. The zero-order valence-electron chi connectivity index (χ0n) is 12.2. The SMILES string of the molecule is CCOC(CC)(CC)C(CC1CCCC1)NC. The predicted octanol–water partition coefficient (Wildman–Crippen LogP) is 3.75. The van der Waals surface area contributed by atoms with Crippen molar-refractivity contribution in [1.82, 2.24) is 5.32 Å². The Morgan fingerprint density at radius 2 is 1.76 bits per heavy atom. The Bertz CT molecular complexity index is 195. The van der Waals surface area contributed by atoms with Crippen LogP contribution < -0.4 is 5.32 Å². The normalized spacial score (nSPS) is 19.8. The molecule has 1 fully saturated rings. The van der Waals surface area contributed by atoms with E-state index in [1.807, 2.05) is 0 Å². The summed E-state index contributed by atoms with van der Waals surface area (Å²) in [5.41, 5.74) is 0.0477. The maximum absolute atomic E-state index is 6.13. The van der Waals surface area contributed by atoms with Gasteiger partial charge in [-0.2, -0.15) is 0 Å². The Balaban J connectivity index is 2.65. The van der Waals surface area contributed by atoms with E-state index < -0.39 is 0 Å². The Morgan fingerprint density at radius 1 is 1.18 bits per heavy atom. The van der Waals surface area contributed by atoms with Crippen molar-refractivity contribution >= 4 is 0 Å². The van der Waals surface area contributed by atoms with Crippen LogP contribution in [0.2, 0.25) is 0 Å². The lowest BCUT2D eigenvalue weighted by Gasteiger charge is -2.40. The number of hydrogen-bond acceptors (Lipinski definition) is 2. The van der Waals surface area contributed by atoms with E-state index in [0.717, 1.165) is 25.4 Å². The van der Waals surface area contributed by atoms with E-state index in [2.05, 4.69) is 33.1 Å². The van der Waals surface area contributed by atoms with Crippen LogP contribution in [0.1, 0.15) is 65.7 Å². The van der Waals surface area contributed by atoms with E-state index in [4.69, 9.17) is 4.74 Å². The van der Waals surface area contributed by atoms with Crippen LogP contribution in [0.25, 0.3) is 0 Å². The largest absolute Gasteiger partial charge is 0.374 e. The number of likely N-dealkylation sites (N-methyl/N-ethyl adjacent to an activating group) is 1. The van der Waals surface area contributed by atoms with Crippen LogP contribution in [0.5, 0.6) is 0 Å². The molecule has 1 aliphatic carbocycles. The highest BCUT2D eigenvalue weighted by Gasteiger charge is 2.37. The van der Waals surface area contributed by atoms with Crippen LogP contribution in [-0.4, -0.2) is 25.3 Å². The second-order valence-electron chi connectivity index (χ2n) is 5.43. The van der Waals surface area contributed by atoms with Gasteiger partial charge < -0.3 is 10.1 Å². The summed E-state index contributed by atoms with van der Waals surface area (Å²) in [6, 6.07) is 0.514. The molecule has 0 radical (unpaired) electrons. The summed E-state index contributed by atoms with van der Waals surface area (Å²) in [6.45, 7) is 7.46. The van der Waals surface area contributed by atoms with Crippen molar-refractivity contribution < 1.29 is 4.74 Å². The van der Waals surface area contributed by atoms with Gasteiger partial charge in [0.25, 0.3) is 0 Å². The fourth-order valence-electron chi connectivity index (χ4n) is 3.51. The van der Waals surface area contributed by atoms with E-state index in [1.54, 1.807) is 0 Å². The molecule has 1 unspecified atom stereocenters. The first-order valence-electron chi connectivity index (χ1n) is 7.53. The molecule has 0 aromatic carbocycles. The van der Waals surface area contributed by atoms with Gasteiger partial charge in [0.05, 0.1) is 5.60 Å². The van der Waals surface area contributed by atoms with Gasteiger partial charge in [0.2, 0.25) is 0 Å². The first-order chi connectivity index (χ1) is 8.22. The molecule has 2 nitrogen and oxygen atoms in total. The number of rotatable bonds is 8. The minimum absolute atomic E-state index is 0.0477. The van der Waals surface area contributed by atoms with Crippen LogP contribution in [0.4, 0.5) is 0 Å². The molecule has 0 aromatic rings. The van der Waals surface area contributed by atoms with E-state index in [1.165, 1.54) is 32.1 Å². The zero-order chi connectivity index (χ0) is 12.7. The quantitative estimate of drug-likeness (QED) is 0.699. The molecule has 0 amide bonds. The van der Waals surface area contributed by atoms with Crippen molar-refractivity contribution in [3.05, 3.63) is 0 Å². The third-order valence-corrected chi connectivity index (χ3v) is 4.66. The van der Waals surface area contributed by atoms with E-state index >= 15 is 0 Å². The Kier molecular flexibility index (Phi) is 6.50. The second-order valence-corrected chi connectivity index (χ2v) is 5.43. The van der Waals surface area contributed by atoms with Gasteiger partial charge in [-0.25, -0.2) is 0 Å². The maximum atomic E-state index is 6.13. The van der Waals surface area contributed by atoms with Gasteiger partial charge in [-0.15, -0.1) is 0 Å². The summed E-state index contributed by atoms with van der Waals surface area (Å²) in [6.07, 6.45) is 9.22. The van der Waals surface area contributed by atoms with Crippen LogP contribution in [0.3, 0.4) is 0 Å². The van der Waals surface area contributed by atoms with Gasteiger partial charge in [-0.05, 0) is 39.2 Å². The number of ether oxygens (including phenoxy) is 1. The van der Waals surface area contributed by atoms with Gasteiger partial charge in [0, 0.05) is 12.6 Å². The lowest BCUT2D eigenvalue weighted by Crippen LogP contribution is -2.51. The molecular formula is C15H31NO. The van der Waals surface area contributed by atoms with E-state index in [9.17, 15) is 0 Å². The standard InChI is InChI=1S/C15H31NO/c1-5-15(6-2,17-7-3)14(16-4)12-13-10-8-9-11-13/h13-14,16H,5-12H2,1-4H3. The van der Waals surface area contributed by atoms with Crippen LogP contribution in [-0.2, 0) is 4.74 Å². The van der Waals surface area contributed by atoms with Gasteiger partial charge in [-0.3, -0.25) is 0 Å². The van der Waals surface area contributed by atoms with Gasteiger partial charge in [0.15, 0.2) is 0 Å².